The maximum absolute atomic E-state index is 12.2. The molecular formula is C17H26N2O. The van der Waals surface area contributed by atoms with Crippen LogP contribution in [0.15, 0.2) is 30.3 Å². The summed E-state index contributed by atoms with van der Waals surface area (Å²) in [7, 11) is 0. The molecule has 0 unspecified atom stereocenters. The smallest absolute Gasteiger partial charge is 0.237 e. The van der Waals surface area contributed by atoms with Gasteiger partial charge in [0, 0.05) is 5.54 Å². The lowest BCUT2D eigenvalue weighted by atomic mass is 9.83. The molecule has 0 heterocycles. The first-order valence-electron chi connectivity index (χ1n) is 7.71. The van der Waals surface area contributed by atoms with Crippen LogP contribution in [0.4, 0.5) is 0 Å². The van der Waals surface area contributed by atoms with Gasteiger partial charge in [-0.25, -0.2) is 0 Å². The maximum Gasteiger partial charge on any atom is 0.237 e. The monoisotopic (exact) mass is 274 g/mol. The summed E-state index contributed by atoms with van der Waals surface area (Å²) < 4.78 is 0. The van der Waals surface area contributed by atoms with Gasteiger partial charge in [0.2, 0.25) is 5.91 Å². The molecular weight excluding hydrogens is 248 g/mol. The molecule has 0 aliphatic heterocycles. The summed E-state index contributed by atoms with van der Waals surface area (Å²) in [6.07, 6.45) is 7.39. The van der Waals surface area contributed by atoms with Crippen LogP contribution in [0, 0.1) is 0 Å². The van der Waals surface area contributed by atoms with Gasteiger partial charge in [0.05, 0.1) is 6.04 Å². The molecule has 2 rings (SSSR count). The molecule has 3 N–H and O–H groups in total. The van der Waals surface area contributed by atoms with E-state index >= 15 is 0 Å². The van der Waals surface area contributed by atoms with Crippen molar-refractivity contribution in [2.75, 3.05) is 0 Å². The number of benzene rings is 1. The average molecular weight is 274 g/mol. The van der Waals surface area contributed by atoms with Crippen LogP contribution >= 0.6 is 0 Å². The first kappa shape index (κ1) is 15.0. The number of hydrogen-bond donors (Lipinski definition) is 2. The Balaban J connectivity index is 1.79. The molecule has 0 spiro atoms. The third-order valence-electron chi connectivity index (χ3n) is 4.31. The van der Waals surface area contributed by atoms with Crippen LogP contribution in [0.2, 0.25) is 0 Å². The predicted molar refractivity (Wildman–Crippen MR) is 82.4 cm³/mol. The Morgan fingerprint density at radius 1 is 1.25 bits per heavy atom. The third kappa shape index (κ3) is 4.34. The minimum absolute atomic E-state index is 0.00494. The maximum atomic E-state index is 12.2. The summed E-state index contributed by atoms with van der Waals surface area (Å²) in [5.74, 6) is 0.00494. The topological polar surface area (TPSA) is 55.1 Å². The number of nitrogens with two attached hydrogens (primary N) is 1. The fourth-order valence-electron chi connectivity index (χ4n) is 2.95. The highest BCUT2D eigenvalue weighted by atomic mass is 16.2. The number of nitrogens with one attached hydrogen (secondary N) is 1. The van der Waals surface area contributed by atoms with Crippen molar-refractivity contribution in [1.29, 1.82) is 0 Å². The number of carbonyl (C=O) groups excluding carboxylic acids is 1. The van der Waals surface area contributed by atoms with Crippen LogP contribution in [-0.4, -0.2) is 17.5 Å². The van der Waals surface area contributed by atoms with Gasteiger partial charge in [-0.1, -0.05) is 49.6 Å². The van der Waals surface area contributed by atoms with Gasteiger partial charge in [-0.15, -0.1) is 0 Å². The molecule has 1 amide bonds. The standard InChI is InChI=1S/C17H26N2O/c1-17(12-6-3-7-13-17)19-16(20)15(18)11-10-14-8-4-2-5-9-14/h2,4-5,8-9,15H,3,6-7,10-13,18H2,1H3,(H,19,20)/t15-/m0/s1. The minimum atomic E-state index is -0.408. The van der Waals surface area contributed by atoms with E-state index in [4.69, 9.17) is 5.73 Å². The summed E-state index contributed by atoms with van der Waals surface area (Å²) >= 11 is 0. The molecule has 1 saturated carbocycles. The van der Waals surface area contributed by atoms with E-state index in [1.54, 1.807) is 0 Å². The number of aryl methyl sites for hydroxylation is 1. The van der Waals surface area contributed by atoms with E-state index in [9.17, 15) is 4.79 Å². The molecule has 20 heavy (non-hydrogen) atoms. The van der Waals surface area contributed by atoms with Crippen molar-refractivity contribution >= 4 is 5.91 Å². The molecule has 0 saturated heterocycles. The summed E-state index contributed by atoms with van der Waals surface area (Å²) in [6.45, 7) is 2.15. The van der Waals surface area contributed by atoms with Gasteiger partial charge in [-0.05, 0) is 38.2 Å². The first-order valence-corrected chi connectivity index (χ1v) is 7.71. The van der Waals surface area contributed by atoms with Gasteiger partial charge in [-0.2, -0.15) is 0 Å². The SMILES string of the molecule is CC1(NC(=O)[C@@H](N)CCc2ccccc2)CCCCC1. The van der Waals surface area contributed by atoms with Crippen molar-refractivity contribution in [2.45, 2.75) is 63.5 Å². The van der Waals surface area contributed by atoms with Crippen LogP contribution in [-0.2, 0) is 11.2 Å². The Kier molecular flexibility index (Phi) is 5.18. The molecule has 3 heteroatoms. The van der Waals surface area contributed by atoms with E-state index in [1.807, 2.05) is 18.2 Å². The molecule has 1 aliphatic rings. The zero-order valence-corrected chi connectivity index (χ0v) is 12.4. The molecule has 1 aromatic carbocycles. The Hall–Kier alpha value is -1.35. The number of carbonyl (C=O) groups is 1. The molecule has 0 radical (unpaired) electrons. The van der Waals surface area contributed by atoms with Crippen LogP contribution in [0.1, 0.15) is 51.0 Å². The highest BCUT2D eigenvalue weighted by molar-refractivity contribution is 5.82. The fraction of sp³-hybridized carbons (Fsp3) is 0.588. The Bertz CT molecular complexity index is 424. The van der Waals surface area contributed by atoms with Crippen LogP contribution in [0.3, 0.4) is 0 Å². The highest BCUT2D eigenvalue weighted by Gasteiger charge is 2.29. The molecule has 1 aliphatic carbocycles. The van der Waals surface area contributed by atoms with E-state index < -0.39 is 6.04 Å². The van der Waals surface area contributed by atoms with Crippen molar-refractivity contribution in [3.05, 3.63) is 35.9 Å². The lowest BCUT2D eigenvalue weighted by Gasteiger charge is -2.35. The van der Waals surface area contributed by atoms with Crippen molar-refractivity contribution in [1.82, 2.24) is 5.32 Å². The van der Waals surface area contributed by atoms with E-state index in [0.29, 0.717) is 6.42 Å². The van der Waals surface area contributed by atoms with Crippen molar-refractivity contribution in [2.24, 2.45) is 5.73 Å². The Morgan fingerprint density at radius 3 is 2.55 bits per heavy atom. The second-order valence-electron chi connectivity index (χ2n) is 6.24. The summed E-state index contributed by atoms with van der Waals surface area (Å²) in [5.41, 5.74) is 7.22. The second kappa shape index (κ2) is 6.89. The van der Waals surface area contributed by atoms with Crippen LogP contribution < -0.4 is 11.1 Å². The van der Waals surface area contributed by atoms with Gasteiger partial charge in [0.25, 0.3) is 0 Å². The largest absolute Gasteiger partial charge is 0.350 e. The molecule has 1 fully saturated rings. The number of amides is 1. The Labute approximate surface area is 121 Å². The Morgan fingerprint density at radius 2 is 1.90 bits per heavy atom. The average Bonchev–Trinajstić information content (AvgIpc) is 2.46. The first-order chi connectivity index (χ1) is 9.59. The van der Waals surface area contributed by atoms with Gasteiger partial charge >= 0.3 is 0 Å². The van der Waals surface area contributed by atoms with Crippen molar-refractivity contribution in [3.63, 3.8) is 0 Å². The predicted octanol–water partition coefficient (Wildman–Crippen LogP) is 2.79. The number of hydrogen-bond acceptors (Lipinski definition) is 2. The lowest BCUT2D eigenvalue weighted by Crippen LogP contribution is -2.52. The van der Waals surface area contributed by atoms with Gasteiger partial charge < -0.3 is 11.1 Å². The normalized spacial score (nSPS) is 19.3. The number of rotatable bonds is 5. The molecule has 0 bridgehead atoms. The zero-order chi connectivity index (χ0) is 14.4. The van der Waals surface area contributed by atoms with Gasteiger partial charge in [-0.3, -0.25) is 4.79 Å². The van der Waals surface area contributed by atoms with E-state index in [0.717, 1.165) is 19.3 Å². The third-order valence-corrected chi connectivity index (χ3v) is 4.31. The zero-order valence-electron chi connectivity index (χ0n) is 12.4. The van der Waals surface area contributed by atoms with Crippen molar-refractivity contribution in [3.8, 4) is 0 Å². The van der Waals surface area contributed by atoms with Gasteiger partial charge in [0.1, 0.15) is 0 Å². The van der Waals surface area contributed by atoms with Crippen LogP contribution in [0.25, 0.3) is 0 Å². The molecule has 1 aromatic rings. The van der Waals surface area contributed by atoms with Crippen molar-refractivity contribution < 1.29 is 4.79 Å². The summed E-state index contributed by atoms with van der Waals surface area (Å²) in [6, 6.07) is 9.78. The molecule has 110 valence electrons. The summed E-state index contributed by atoms with van der Waals surface area (Å²) in [4.78, 5) is 12.2. The lowest BCUT2D eigenvalue weighted by molar-refractivity contribution is -0.124. The van der Waals surface area contributed by atoms with E-state index in [-0.39, 0.29) is 11.4 Å². The van der Waals surface area contributed by atoms with E-state index in [2.05, 4.69) is 24.4 Å². The van der Waals surface area contributed by atoms with E-state index in [1.165, 1.54) is 24.8 Å². The molecule has 0 aromatic heterocycles. The molecule has 3 nitrogen and oxygen atoms in total. The second-order valence-corrected chi connectivity index (χ2v) is 6.24. The van der Waals surface area contributed by atoms with Crippen LogP contribution in [0.5, 0.6) is 0 Å². The molecule has 1 atom stereocenters. The highest BCUT2D eigenvalue weighted by Crippen LogP contribution is 2.27. The minimum Gasteiger partial charge on any atom is -0.350 e. The quantitative estimate of drug-likeness (QED) is 0.867. The van der Waals surface area contributed by atoms with Gasteiger partial charge in [0.15, 0.2) is 0 Å². The summed E-state index contributed by atoms with van der Waals surface area (Å²) in [5, 5.41) is 3.17. The fourth-order valence-corrected chi connectivity index (χ4v) is 2.95.